The Bertz CT molecular complexity index is 886. The van der Waals surface area contributed by atoms with E-state index in [0.29, 0.717) is 0 Å². The van der Waals surface area contributed by atoms with E-state index in [1.807, 2.05) is 43.4 Å². The van der Waals surface area contributed by atoms with Gasteiger partial charge >= 0.3 is 6.09 Å². The molecule has 28 heavy (non-hydrogen) atoms. The Labute approximate surface area is 171 Å². The van der Waals surface area contributed by atoms with Crippen LogP contribution >= 0.6 is 11.8 Å². The molecule has 0 saturated heterocycles. The lowest BCUT2D eigenvalue weighted by Crippen LogP contribution is -2.36. The minimum Gasteiger partial charge on any atom is -0.444 e. The average Bonchev–Trinajstić information content (AvgIpc) is 2.97. The number of carbonyl (C=O) groups excluding carboxylic acids is 1. The molecule has 2 aliphatic carbocycles. The Kier molecular flexibility index (Phi) is 4.94. The lowest BCUT2D eigenvalue weighted by molar-refractivity contribution is 0.0519. The van der Waals surface area contributed by atoms with Crippen LogP contribution in [0.1, 0.15) is 44.7 Å². The first-order chi connectivity index (χ1) is 13.3. The molecule has 1 aromatic heterocycles. The van der Waals surface area contributed by atoms with Gasteiger partial charge in [0.1, 0.15) is 5.60 Å². The molecule has 1 N–H and O–H groups in total. The third-order valence-electron chi connectivity index (χ3n) is 5.74. The summed E-state index contributed by atoms with van der Waals surface area (Å²) in [5, 5.41) is 7.58. The molecule has 5 nitrogen and oxygen atoms in total. The van der Waals surface area contributed by atoms with Crippen LogP contribution in [-0.2, 0) is 23.1 Å². The highest BCUT2D eigenvalue weighted by Crippen LogP contribution is 2.57. The van der Waals surface area contributed by atoms with Crippen molar-refractivity contribution in [3.05, 3.63) is 41.7 Å². The van der Waals surface area contributed by atoms with Crippen LogP contribution in [0.2, 0.25) is 0 Å². The molecule has 1 heterocycles. The van der Waals surface area contributed by atoms with Crippen molar-refractivity contribution in [3.63, 3.8) is 0 Å². The summed E-state index contributed by atoms with van der Waals surface area (Å²) in [5.41, 5.74) is 4.77. The summed E-state index contributed by atoms with van der Waals surface area (Å²) >= 11 is 1.83. The van der Waals surface area contributed by atoms with Crippen LogP contribution in [0.4, 0.5) is 4.79 Å². The fraction of sp³-hybridized carbons (Fsp3) is 0.545. The number of aromatic nitrogens is 2. The minimum absolute atomic E-state index is 0.0804. The molecule has 2 aromatic rings. The van der Waals surface area contributed by atoms with Gasteiger partial charge in [0.25, 0.3) is 0 Å². The van der Waals surface area contributed by atoms with Crippen molar-refractivity contribution in [1.82, 2.24) is 15.1 Å². The fourth-order valence-electron chi connectivity index (χ4n) is 4.27. The quantitative estimate of drug-likeness (QED) is 0.810. The number of carbonyl (C=O) groups is 1. The zero-order valence-electron chi connectivity index (χ0n) is 17.1. The Morgan fingerprint density at radius 1 is 1.39 bits per heavy atom. The van der Waals surface area contributed by atoms with Gasteiger partial charge in [0, 0.05) is 35.5 Å². The normalized spacial score (nSPS) is 22.9. The maximum absolute atomic E-state index is 12.2. The van der Waals surface area contributed by atoms with Crippen molar-refractivity contribution < 1.29 is 9.53 Å². The van der Waals surface area contributed by atoms with E-state index in [2.05, 4.69) is 41.1 Å². The molecule has 4 rings (SSSR count). The Balaban J connectivity index is 1.50. The van der Waals surface area contributed by atoms with E-state index in [1.165, 1.54) is 16.7 Å². The predicted octanol–water partition coefficient (Wildman–Crippen LogP) is 4.39. The molecule has 150 valence electrons. The van der Waals surface area contributed by atoms with E-state index in [1.54, 1.807) is 0 Å². The maximum atomic E-state index is 12.2. The summed E-state index contributed by atoms with van der Waals surface area (Å²) in [6.07, 6.45) is 9.05. The number of fused-ring (bicyclic) bond motifs is 2. The van der Waals surface area contributed by atoms with Crippen LogP contribution in [0.15, 0.2) is 30.6 Å². The number of benzene rings is 1. The number of alkyl carbamates (subject to hydrolysis) is 1. The summed E-state index contributed by atoms with van der Waals surface area (Å²) < 4.78 is 7.46. The van der Waals surface area contributed by atoms with Gasteiger partial charge in [-0.1, -0.05) is 18.2 Å². The zero-order chi connectivity index (χ0) is 19.9. The summed E-state index contributed by atoms with van der Waals surface area (Å²) in [4.78, 5) is 12.2. The molecule has 1 fully saturated rings. The van der Waals surface area contributed by atoms with Crippen molar-refractivity contribution in [1.29, 1.82) is 0 Å². The number of hydrogen-bond acceptors (Lipinski definition) is 4. The van der Waals surface area contributed by atoms with Crippen LogP contribution < -0.4 is 5.32 Å². The summed E-state index contributed by atoms with van der Waals surface area (Å²) in [7, 11) is 0. The highest BCUT2D eigenvalue weighted by atomic mass is 32.2. The van der Waals surface area contributed by atoms with Crippen molar-refractivity contribution in [2.45, 2.75) is 63.6 Å². The molecule has 2 unspecified atom stereocenters. The van der Waals surface area contributed by atoms with Gasteiger partial charge in [-0.25, -0.2) is 4.79 Å². The highest BCUT2D eigenvalue weighted by Gasteiger charge is 2.59. The molecular weight excluding hydrogens is 370 g/mol. The van der Waals surface area contributed by atoms with Crippen molar-refractivity contribution in [3.8, 4) is 11.1 Å². The number of nitrogens with zero attached hydrogens (tertiary/aromatic N) is 2. The Morgan fingerprint density at radius 3 is 2.96 bits per heavy atom. The Morgan fingerprint density at radius 2 is 2.21 bits per heavy atom. The van der Waals surface area contributed by atoms with Gasteiger partial charge < -0.3 is 10.1 Å². The van der Waals surface area contributed by atoms with E-state index in [9.17, 15) is 4.79 Å². The molecule has 2 aliphatic rings. The van der Waals surface area contributed by atoms with E-state index < -0.39 is 5.60 Å². The number of nitrogens with one attached hydrogen (secondary N) is 1. The van der Waals surface area contributed by atoms with Gasteiger partial charge in [-0.05, 0) is 63.0 Å². The molecule has 0 bridgehead atoms. The second-order valence-electron chi connectivity index (χ2n) is 8.92. The predicted molar refractivity (Wildman–Crippen MR) is 114 cm³/mol. The topological polar surface area (TPSA) is 56.2 Å². The van der Waals surface area contributed by atoms with Gasteiger partial charge in [-0.15, -0.1) is 0 Å². The molecule has 1 saturated carbocycles. The van der Waals surface area contributed by atoms with Gasteiger partial charge in [0.2, 0.25) is 0 Å². The van der Waals surface area contributed by atoms with E-state index in [0.717, 1.165) is 37.1 Å². The number of amides is 1. The van der Waals surface area contributed by atoms with Crippen molar-refractivity contribution >= 4 is 17.9 Å². The lowest BCUT2D eigenvalue weighted by Gasteiger charge is -2.20. The van der Waals surface area contributed by atoms with Crippen molar-refractivity contribution in [2.24, 2.45) is 0 Å². The first-order valence-corrected chi connectivity index (χ1v) is 11.3. The van der Waals surface area contributed by atoms with E-state index >= 15 is 0 Å². The van der Waals surface area contributed by atoms with E-state index in [4.69, 9.17) is 4.74 Å². The summed E-state index contributed by atoms with van der Waals surface area (Å²) in [6, 6.07) is 6.94. The second kappa shape index (κ2) is 7.14. The average molecular weight is 400 g/mol. The summed E-state index contributed by atoms with van der Waals surface area (Å²) in [5.74, 6) is 1.06. The standard InChI is InChI=1S/C22H29N3O2S/c1-21(2,3)27-20(26)24-19-12-22(19)8-7-15-5-6-16(11-18(15)22)17-13-23-25(14-17)9-10-28-4/h5-6,11,13-14,19H,7-10,12H2,1-4H3,(H,24,26). The van der Waals surface area contributed by atoms with E-state index in [-0.39, 0.29) is 17.6 Å². The first kappa shape index (κ1) is 19.4. The van der Waals surface area contributed by atoms with Gasteiger partial charge in [0.15, 0.2) is 0 Å². The molecule has 0 radical (unpaired) electrons. The first-order valence-electron chi connectivity index (χ1n) is 9.95. The van der Waals surface area contributed by atoms with Crippen LogP contribution in [0.5, 0.6) is 0 Å². The molecule has 6 heteroatoms. The zero-order valence-corrected chi connectivity index (χ0v) is 17.9. The third kappa shape index (κ3) is 3.79. The molecule has 2 atom stereocenters. The highest BCUT2D eigenvalue weighted by molar-refractivity contribution is 7.98. The van der Waals surface area contributed by atoms with Crippen LogP contribution in [0.25, 0.3) is 11.1 Å². The van der Waals surface area contributed by atoms with Gasteiger partial charge in [0.05, 0.1) is 6.20 Å². The molecule has 1 aromatic carbocycles. The molecular formula is C22H29N3O2S. The monoisotopic (exact) mass is 399 g/mol. The number of thioether (sulfide) groups is 1. The Hall–Kier alpha value is -1.95. The second-order valence-corrected chi connectivity index (χ2v) is 9.90. The molecule has 1 amide bonds. The number of aryl methyl sites for hydroxylation is 2. The number of hydrogen-bond donors (Lipinski definition) is 1. The third-order valence-corrected chi connectivity index (χ3v) is 6.33. The van der Waals surface area contributed by atoms with Gasteiger partial charge in [-0.3, -0.25) is 4.68 Å². The fourth-order valence-corrected chi connectivity index (χ4v) is 4.64. The van der Waals surface area contributed by atoms with Crippen molar-refractivity contribution in [2.75, 3.05) is 12.0 Å². The van der Waals surface area contributed by atoms with Crippen LogP contribution in [0.3, 0.4) is 0 Å². The lowest BCUT2D eigenvalue weighted by atomic mass is 9.94. The molecule has 1 spiro atoms. The largest absolute Gasteiger partial charge is 0.444 e. The summed E-state index contributed by atoms with van der Waals surface area (Å²) in [6.45, 7) is 6.61. The van der Waals surface area contributed by atoms with Crippen LogP contribution in [-0.4, -0.2) is 39.5 Å². The smallest absolute Gasteiger partial charge is 0.407 e. The maximum Gasteiger partial charge on any atom is 0.407 e. The SMILES string of the molecule is CSCCn1cc(-c2ccc3c(c2)C2(CC3)CC2NC(=O)OC(C)(C)C)cn1. The number of rotatable bonds is 5. The van der Waals surface area contributed by atoms with Crippen LogP contribution in [0, 0.1) is 0 Å². The van der Waals surface area contributed by atoms with Gasteiger partial charge in [-0.2, -0.15) is 16.9 Å². The molecule has 0 aliphatic heterocycles. The number of ether oxygens (including phenoxy) is 1. The minimum atomic E-state index is -0.469.